The van der Waals surface area contributed by atoms with Gasteiger partial charge in [0.1, 0.15) is 0 Å². The Morgan fingerprint density at radius 3 is 2.30 bits per heavy atom. The number of guanidine groups is 1. The second-order valence-electron chi connectivity index (χ2n) is 7.34. The molecule has 2 saturated heterocycles. The standard InChI is InChI=1S/C21H34N4O.HI/c1-3-26-20-10-14-25(15-11-20)21(22-2)23-16-18-6-8-19(9-7-18)17-24-12-4-5-13-24;/h6-9,20H,3-5,10-17H2,1-2H3,(H,22,23);1H. The molecule has 2 aliphatic rings. The van der Waals surface area contributed by atoms with Crippen LogP contribution in [0.1, 0.15) is 43.7 Å². The first-order chi connectivity index (χ1) is 12.8. The summed E-state index contributed by atoms with van der Waals surface area (Å²) in [5.74, 6) is 1.00. The molecule has 0 bridgehead atoms. The number of nitrogens with zero attached hydrogens (tertiary/aromatic N) is 3. The topological polar surface area (TPSA) is 40.1 Å². The zero-order valence-electron chi connectivity index (χ0n) is 16.8. The van der Waals surface area contributed by atoms with E-state index in [1.807, 2.05) is 7.05 Å². The van der Waals surface area contributed by atoms with Gasteiger partial charge in [0, 0.05) is 39.8 Å². The lowest BCUT2D eigenvalue weighted by molar-refractivity contribution is 0.0263. The van der Waals surface area contributed by atoms with Crippen molar-refractivity contribution in [2.45, 2.75) is 51.8 Å². The van der Waals surface area contributed by atoms with Gasteiger partial charge in [-0.05, 0) is 56.8 Å². The molecule has 0 aliphatic carbocycles. The average Bonchev–Trinajstić information content (AvgIpc) is 3.18. The predicted molar refractivity (Wildman–Crippen MR) is 123 cm³/mol. The van der Waals surface area contributed by atoms with Gasteiger partial charge in [-0.25, -0.2) is 0 Å². The molecule has 0 aromatic heterocycles. The number of rotatable bonds is 6. The van der Waals surface area contributed by atoms with E-state index in [2.05, 4.69) is 51.3 Å². The average molecular weight is 486 g/mol. The summed E-state index contributed by atoms with van der Waals surface area (Å²) in [5.41, 5.74) is 2.72. The van der Waals surface area contributed by atoms with Crippen LogP contribution in [0.4, 0.5) is 0 Å². The van der Waals surface area contributed by atoms with Gasteiger partial charge in [0.25, 0.3) is 0 Å². The van der Waals surface area contributed by atoms with E-state index in [0.29, 0.717) is 6.10 Å². The fourth-order valence-electron chi connectivity index (χ4n) is 3.94. The van der Waals surface area contributed by atoms with E-state index < -0.39 is 0 Å². The second-order valence-corrected chi connectivity index (χ2v) is 7.34. The lowest BCUT2D eigenvalue weighted by atomic mass is 10.1. The summed E-state index contributed by atoms with van der Waals surface area (Å²) < 4.78 is 5.74. The van der Waals surface area contributed by atoms with Crippen LogP contribution in [0.3, 0.4) is 0 Å². The van der Waals surface area contributed by atoms with Crippen molar-refractivity contribution in [3.63, 3.8) is 0 Å². The van der Waals surface area contributed by atoms with Gasteiger partial charge < -0.3 is 15.0 Å². The first-order valence-corrected chi connectivity index (χ1v) is 10.2. The van der Waals surface area contributed by atoms with E-state index in [0.717, 1.165) is 51.6 Å². The highest BCUT2D eigenvalue weighted by molar-refractivity contribution is 14.0. The second kappa shape index (κ2) is 11.9. The number of ether oxygens (including phenoxy) is 1. The molecule has 3 rings (SSSR count). The zero-order chi connectivity index (χ0) is 18.2. The van der Waals surface area contributed by atoms with Gasteiger partial charge in [-0.15, -0.1) is 24.0 Å². The molecule has 1 aromatic rings. The monoisotopic (exact) mass is 486 g/mol. The third-order valence-corrected chi connectivity index (χ3v) is 5.43. The number of aliphatic imine (C=N–C) groups is 1. The molecule has 2 fully saturated rings. The maximum absolute atomic E-state index is 5.74. The van der Waals surface area contributed by atoms with Crippen LogP contribution >= 0.6 is 24.0 Å². The maximum atomic E-state index is 5.74. The third-order valence-electron chi connectivity index (χ3n) is 5.43. The van der Waals surface area contributed by atoms with E-state index in [9.17, 15) is 0 Å². The van der Waals surface area contributed by atoms with Gasteiger partial charge in [0.2, 0.25) is 0 Å². The van der Waals surface area contributed by atoms with Crippen molar-refractivity contribution in [3.05, 3.63) is 35.4 Å². The van der Waals surface area contributed by atoms with Crippen LogP contribution in [0.5, 0.6) is 0 Å². The minimum Gasteiger partial charge on any atom is -0.378 e. The molecule has 0 amide bonds. The van der Waals surface area contributed by atoms with E-state index in [-0.39, 0.29) is 24.0 Å². The molecule has 0 radical (unpaired) electrons. The molecule has 152 valence electrons. The Kier molecular flexibility index (Phi) is 9.86. The fourth-order valence-corrected chi connectivity index (χ4v) is 3.94. The molecule has 0 saturated carbocycles. The van der Waals surface area contributed by atoms with E-state index in [1.165, 1.54) is 37.1 Å². The Morgan fingerprint density at radius 2 is 1.70 bits per heavy atom. The summed E-state index contributed by atoms with van der Waals surface area (Å²) in [6, 6.07) is 9.03. The van der Waals surface area contributed by atoms with Crippen LogP contribution in [-0.4, -0.2) is 61.7 Å². The number of likely N-dealkylation sites (tertiary alicyclic amines) is 2. The Balaban J connectivity index is 0.00000261. The van der Waals surface area contributed by atoms with E-state index in [4.69, 9.17) is 4.74 Å². The number of benzene rings is 1. The third kappa shape index (κ3) is 6.91. The molecule has 5 nitrogen and oxygen atoms in total. The Labute approximate surface area is 181 Å². The minimum absolute atomic E-state index is 0. The quantitative estimate of drug-likeness (QED) is 0.380. The van der Waals surface area contributed by atoms with Crippen LogP contribution in [0, 0.1) is 0 Å². The van der Waals surface area contributed by atoms with Crippen LogP contribution in [-0.2, 0) is 17.8 Å². The Bertz CT molecular complexity index is 564. The molecule has 1 N–H and O–H groups in total. The molecule has 6 heteroatoms. The van der Waals surface area contributed by atoms with Gasteiger partial charge in [-0.1, -0.05) is 24.3 Å². The van der Waals surface area contributed by atoms with Crippen molar-refractivity contribution in [2.24, 2.45) is 4.99 Å². The predicted octanol–water partition coefficient (Wildman–Crippen LogP) is 3.48. The van der Waals surface area contributed by atoms with Gasteiger partial charge in [-0.2, -0.15) is 0 Å². The summed E-state index contributed by atoms with van der Waals surface area (Å²) in [7, 11) is 1.87. The Morgan fingerprint density at radius 1 is 1.07 bits per heavy atom. The molecule has 1 aromatic carbocycles. The largest absolute Gasteiger partial charge is 0.378 e. The minimum atomic E-state index is 0. The fraction of sp³-hybridized carbons (Fsp3) is 0.667. The lowest BCUT2D eigenvalue weighted by Crippen LogP contribution is -2.46. The SMILES string of the molecule is CCOC1CCN(C(=NC)NCc2ccc(CN3CCCC3)cc2)CC1.I. The Hall–Kier alpha value is -0.860. The van der Waals surface area contributed by atoms with Crippen LogP contribution < -0.4 is 5.32 Å². The molecular formula is C21H35IN4O. The smallest absolute Gasteiger partial charge is 0.193 e. The normalized spacial score (nSPS) is 19.2. The first kappa shape index (κ1) is 22.4. The first-order valence-electron chi connectivity index (χ1n) is 10.2. The highest BCUT2D eigenvalue weighted by Gasteiger charge is 2.21. The van der Waals surface area contributed by atoms with Crippen molar-refractivity contribution in [1.82, 2.24) is 15.1 Å². The number of nitrogens with one attached hydrogen (secondary N) is 1. The summed E-state index contributed by atoms with van der Waals surface area (Å²) >= 11 is 0. The van der Waals surface area contributed by atoms with Crippen molar-refractivity contribution >= 4 is 29.9 Å². The maximum Gasteiger partial charge on any atom is 0.193 e. The lowest BCUT2D eigenvalue weighted by Gasteiger charge is -2.34. The van der Waals surface area contributed by atoms with Gasteiger partial charge in [0.05, 0.1) is 6.10 Å². The highest BCUT2D eigenvalue weighted by Crippen LogP contribution is 2.15. The molecule has 0 unspecified atom stereocenters. The zero-order valence-corrected chi connectivity index (χ0v) is 19.2. The summed E-state index contributed by atoms with van der Waals surface area (Å²) in [4.78, 5) is 9.35. The van der Waals surface area contributed by atoms with Crippen molar-refractivity contribution in [2.75, 3.05) is 39.8 Å². The molecule has 2 aliphatic heterocycles. The number of hydrogen-bond donors (Lipinski definition) is 1. The number of hydrogen-bond acceptors (Lipinski definition) is 3. The van der Waals surface area contributed by atoms with Crippen molar-refractivity contribution in [1.29, 1.82) is 0 Å². The van der Waals surface area contributed by atoms with Crippen LogP contribution in [0.25, 0.3) is 0 Å². The summed E-state index contributed by atoms with van der Waals surface area (Å²) in [6.45, 7) is 9.32. The number of halogens is 1. The summed E-state index contributed by atoms with van der Waals surface area (Å²) in [5, 5.41) is 3.52. The van der Waals surface area contributed by atoms with Crippen molar-refractivity contribution < 1.29 is 4.74 Å². The van der Waals surface area contributed by atoms with Crippen LogP contribution in [0.15, 0.2) is 29.3 Å². The van der Waals surface area contributed by atoms with Gasteiger partial charge in [0.15, 0.2) is 5.96 Å². The molecule has 27 heavy (non-hydrogen) atoms. The molecule has 0 atom stereocenters. The number of piperidine rings is 1. The van der Waals surface area contributed by atoms with E-state index >= 15 is 0 Å². The van der Waals surface area contributed by atoms with Crippen LogP contribution in [0.2, 0.25) is 0 Å². The molecular weight excluding hydrogens is 451 g/mol. The van der Waals surface area contributed by atoms with E-state index in [1.54, 1.807) is 0 Å². The molecule has 2 heterocycles. The molecule has 0 spiro atoms. The van der Waals surface area contributed by atoms with Crippen molar-refractivity contribution in [3.8, 4) is 0 Å². The highest BCUT2D eigenvalue weighted by atomic mass is 127. The van der Waals surface area contributed by atoms with Gasteiger partial charge in [-0.3, -0.25) is 9.89 Å². The summed E-state index contributed by atoms with van der Waals surface area (Å²) in [6.07, 6.45) is 5.28. The van der Waals surface area contributed by atoms with Gasteiger partial charge >= 0.3 is 0 Å².